The minimum atomic E-state index is 0. The number of hydrogen-bond donors (Lipinski definition) is 0. The second-order valence-corrected chi connectivity index (χ2v) is 15.7. The molecular weight excluding hydrogens is 877 g/mol. The molecular formula is C51H44IrN4O-2. The first-order chi connectivity index (χ1) is 26.9. The van der Waals surface area contributed by atoms with Crippen LogP contribution in [0.2, 0.25) is 0 Å². The number of rotatable bonds is 4. The molecule has 5 nitrogen and oxygen atoms in total. The molecule has 285 valence electrons. The van der Waals surface area contributed by atoms with E-state index in [9.17, 15) is 0 Å². The van der Waals surface area contributed by atoms with E-state index in [0.29, 0.717) is 5.71 Å². The predicted molar refractivity (Wildman–Crippen MR) is 231 cm³/mol. The molecule has 6 heteroatoms. The Balaban J connectivity index is 0.000000193. The van der Waals surface area contributed by atoms with Crippen LogP contribution in [0.3, 0.4) is 0 Å². The van der Waals surface area contributed by atoms with Gasteiger partial charge in [-0.2, -0.15) is 0 Å². The predicted octanol–water partition coefficient (Wildman–Crippen LogP) is 13.1. The van der Waals surface area contributed by atoms with Gasteiger partial charge in [-0.15, -0.1) is 47.5 Å². The maximum Gasteiger partial charge on any atom is 0.216 e. The van der Waals surface area contributed by atoms with Crippen LogP contribution in [0.1, 0.15) is 54.4 Å². The van der Waals surface area contributed by atoms with Crippen molar-refractivity contribution in [3.8, 4) is 44.8 Å². The molecule has 0 spiro atoms. The quantitative estimate of drug-likeness (QED) is 0.165. The number of furan rings is 1. The minimum Gasteiger partial charge on any atom is -0.486 e. The third kappa shape index (κ3) is 8.07. The van der Waals surface area contributed by atoms with Gasteiger partial charge in [-0.1, -0.05) is 98.3 Å². The van der Waals surface area contributed by atoms with Crippen LogP contribution in [-0.2, 0) is 25.5 Å². The fourth-order valence-electron chi connectivity index (χ4n) is 7.06. The standard InChI is InChI=1S/C31H26N3O.C20H18N.Ir/c1-18-15-26-21(10-12-28(34-26)31(3,4)5)16-25(18)20-13-14-32-27(17-20)24-8-6-7-22-23-11-9-19(2)33-30(23)35-29(22)24;1-14-9-10-18(20-11-15(2)16(3)13-21-20)12-19(14)17-7-5-4-6-8-17;/h6-7,9-17H,1-5H3;4-9,11-13H,1-3H3;/q2*-1;. The van der Waals surface area contributed by atoms with Crippen molar-refractivity contribution in [1.29, 1.82) is 0 Å². The second-order valence-electron chi connectivity index (χ2n) is 15.7. The summed E-state index contributed by atoms with van der Waals surface area (Å²) in [5, 5.41) is 3.16. The van der Waals surface area contributed by atoms with E-state index in [1.54, 1.807) is 0 Å². The second kappa shape index (κ2) is 16.0. The largest absolute Gasteiger partial charge is 0.486 e. The van der Waals surface area contributed by atoms with Gasteiger partial charge in [-0.05, 0) is 103 Å². The van der Waals surface area contributed by atoms with Gasteiger partial charge in [0.2, 0.25) is 5.71 Å². The van der Waals surface area contributed by atoms with Crippen molar-refractivity contribution in [3.63, 3.8) is 0 Å². The molecule has 0 amide bonds. The Labute approximate surface area is 348 Å². The van der Waals surface area contributed by atoms with Gasteiger partial charge < -0.3 is 14.4 Å². The van der Waals surface area contributed by atoms with E-state index in [1.807, 2.05) is 43.6 Å². The van der Waals surface area contributed by atoms with Crippen LogP contribution in [0.5, 0.6) is 0 Å². The van der Waals surface area contributed by atoms with E-state index >= 15 is 0 Å². The topological polar surface area (TPSA) is 64.7 Å². The van der Waals surface area contributed by atoms with Crippen molar-refractivity contribution in [2.75, 3.05) is 0 Å². The van der Waals surface area contributed by atoms with Crippen molar-refractivity contribution in [2.24, 2.45) is 0 Å². The molecule has 0 aliphatic heterocycles. The zero-order valence-electron chi connectivity index (χ0n) is 33.6. The molecule has 0 saturated carbocycles. The molecule has 5 heterocycles. The van der Waals surface area contributed by atoms with Crippen LogP contribution in [0, 0.1) is 46.8 Å². The molecule has 5 aromatic heterocycles. The third-order valence-corrected chi connectivity index (χ3v) is 10.5. The van der Waals surface area contributed by atoms with E-state index in [4.69, 9.17) is 9.40 Å². The van der Waals surface area contributed by atoms with Crippen molar-refractivity contribution in [1.82, 2.24) is 19.9 Å². The van der Waals surface area contributed by atoms with Gasteiger partial charge >= 0.3 is 0 Å². The maximum absolute atomic E-state index is 6.19. The summed E-state index contributed by atoms with van der Waals surface area (Å²) in [6.45, 7) is 17.0. The zero-order chi connectivity index (χ0) is 39.1. The Morgan fingerprint density at radius 3 is 2.18 bits per heavy atom. The summed E-state index contributed by atoms with van der Waals surface area (Å²) in [4.78, 5) is 18.7. The van der Waals surface area contributed by atoms with E-state index < -0.39 is 0 Å². The Kier molecular flexibility index (Phi) is 11.0. The molecule has 0 unspecified atom stereocenters. The van der Waals surface area contributed by atoms with Crippen LogP contribution in [0.25, 0.3) is 77.7 Å². The molecule has 0 N–H and O–H groups in total. The summed E-state index contributed by atoms with van der Waals surface area (Å²) in [5.74, 6) is 0. The Morgan fingerprint density at radius 1 is 0.614 bits per heavy atom. The van der Waals surface area contributed by atoms with E-state index in [2.05, 4.69) is 160 Å². The molecule has 4 aromatic carbocycles. The van der Waals surface area contributed by atoms with Crippen LogP contribution < -0.4 is 0 Å². The van der Waals surface area contributed by atoms with Gasteiger partial charge in [0.15, 0.2) is 0 Å². The number of aromatic nitrogens is 4. The molecule has 0 saturated heterocycles. The van der Waals surface area contributed by atoms with E-state index in [1.165, 1.54) is 38.9 Å². The third-order valence-electron chi connectivity index (χ3n) is 10.5. The van der Waals surface area contributed by atoms with E-state index in [-0.39, 0.29) is 25.5 Å². The Hall–Kier alpha value is -5.81. The first-order valence-corrected chi connectivity index (χ1v) is 19.0. The normalized spacial score (nSPS) is 11.4. The number of fused-ring (bicyclic) bond motifs is 4. The van der Waals surface area contributed by atoms with Gasteiger partial charge in [-0.25, -0.2) is 4.98 Å². The summed E-state index contributed by atoms with van der Waals surface area (Å²) in [5.41, 5.74) is 17.8. The number of nitrogens with zero attached hydrogens (tertiary/aromatic N) is 4. The first-order valence-electron chi connectivity index (χ1n) is 19.0. The minimum absolute atomic E-state index is 0. The van der Waals surface area contributed by atoms with Gasteiger partial charge in [-0.3, -0.25) is 4.98 Å². The molecule has 9 rings (SSSR count). The Morgan fingerprint density at radius 2 is 1.40 bits per heavy atom. The van der Waals surface area contributed by atoms with Gasteiger partial charge in [0.05, 0.1) is 11.1 Å². The molecule has 0 aliphatic carbocycles. The van der Waals surface area contributed by atoms with E-state index in [0.717, 1.165) is 66.7 Å². The van der Waals surface area contributed by atoms with Gasteiger partial charge in [0.25, 0.3) is 0 Å². The number of hydrogen-bond acceptors (Lipinski definition) is 5. The van der Waals surface area contributed by atoms with Gasteiger partial charge in [0, 0.05) is 60.1 Å². The molecule has 0 atom stereocenters. The molecule has 1 radical (unpaired) electrons. The van der Waals surface area contributed by atoms with Crippen molar-refractivity contribution < 1.29 is 24.5 Å². The summed E-state index contributed by atoms with van der Waals surface area (Å²) in [6, 6.07) is 44.4. The summed E-state index contributed by atoms with van der Waals surface area (Å²) in [7, 11) is 0. The fraction of sp³-hybridized carbons (Fsp3) is 0.176. The average Bonchev–Trinajstić information content (AvgIpc) is 3.57. The summed E-state index contributed by atoms with van der Waals surface area (Å²) in [6.07, 6.45) is 3.79. The average molecular weight is 921 g/mol. The smallest absolute Gasteiger partial charge is 0.216 e. The van der Waals surface area contributed by atoms with Crippen LogP contribution in [0.15, 0.2) is 126 Å². The van der Waals surface area contributed by atoms with Crippen molar-refractivity contribution >= 4 is 33.0 Å². The molecule has 57 heavy (non-hydrogen) atoms. The summed E-state index contributed by atoms with van der Waals surface area (Å²) < 4.78 is 6.19. The van der Waals surface area contributed by atoms with Crippen molar-refractivity contribution in [3.05, 3.63) is 167 Å². The fourth-order valence-corrected chi connectivity index (χ4v) is 7.06. The maximum atomic E-state index is 6.19. The Bertz CT molecular complexity index is 2910. The molecule has 0 fully saturated rings. The monoisotopic (exact) mass is 921 g/mol. The van der Waals surface area contributed by atoms with Crippen LogP contribution >= 0.6 is 0 Å². The first kappa shape index (κ1) is 39.4. The molecule has 9 aromatic rings. The SMILES string of the molecule is Cc1ccc2c(n1)oc1c(-c3cc(-c4cc5ccc(C(C)(C)C)nc5cc4C)ccn3)[c-]ccc12.Cc1cnc(-c2[c-]cc(C)c(-c3ccccc3)c2)cc1C.[Ir]. The van der Waals surface area contributed by atoms with Crippen LogP contribution in [0.4, 0.5) is 0 Å². The van der Waals surface area contributed by atoms with Crippen molar-refractivity contribution in [2.45, 2.75) is 60.8 Å². The zero-order valence-corrected chi connectivity index (χ0v) is 36.0. The van der Waals surface area contributed by atoms with Gasteiger partial charge in [0.1, 0.15) is 0 Å². The summed E-state index contributed by atoms with van der Waals surface area (Å²) >= 11 is 0. The molecule has 0 bridgehead atoms. The number of benzene rings is 4. The number of aryl methyl sites for hydroxylation is 5. The number of pyridine rings is 4. The molecule has 0 aliphatic rings. The van der Waals surface area contributed by atoms with Crippen LogP contribution in [-0.4, -0.2) is 19.9 Å².